The summed E-state index contributed by atoms with van der Waals surface area (Å²) in [5.74, 6) is -0.881. The fraction of sp³-hybridized carbons (Fsp3) is 0.286. The van der Waals surface area contributed by atoms with E-state index >= 15 is 0 Å². The summed E-state index contributed by atoms with van der Waals surface area (Å²) in [4.78, 5) is 31.8. The van der Waals surface area contributed by atoms with E-state index in [0.29, 0.717) is 32.7 Å². The molecule has 1 fully saturated rings. The molecule has 1 aliphatic rings. The van der Waals surface area contributed by atoms with Crippen molar-refractivity contribution in [3.63, 3.8) is 0 Å². The molecule has 0 atom stereocenters. The number of nitrogens with zero attached hydrogens (tertiary/aromatic N) is 3. The second-order valence-corrected chi connectivity index (χ2v) is 8.44. The Hall–Kier alpha value is -3.44. The third-order valence-electron chi connectivity index (χ3n) is 6.25. The van der Waals surface area contributed by atoms with E-state index < -0.39 is 11.8 Å². The van der Waals surface area contributed by atoms with Crippen LogP contribution < -0.4 is 4.90 Å². The van der Waals surface area contributed by atoms with Gasteiger partial charge in [-0.05, 0) is 42.7 Å². The maximum absolute atomic E-state index is 13.1. The van der Waals surface area contributed by atoms with Crippen molar-refractivity contribution in [1.29, 1.82) is 0 Å². The lowest BCUT2D eigenvalue weighted by atomic mass is 9.96. The molecule has 33 heavy (non-hydrogen) atoms. The smallest absolute Gasteiger partial charge is 0.316 e. The van der Waals surface area contributed by atoms with E-state index in [2.05, 4.69) is 53.4 Å². The summed E-state index contributed by atoms with van der Waals surface area (Å²) in [5, 5.41) is 0. The molecule has 1 aliphatic heterocycles. The van der Waals surface area contributed by atoms with E-state index in [9.17, 15) is 9.59 Å². The van der Waals surface area contributed by atoms with Crippen LogP contribution in [0.25, 0.3) is 0 Å². The zero-order valence-electron chi connectivity index (χ0n) is 19.4. The molecule has 3 aromatic rings. The molecule has 5 nitrogen and oxygen atoms in total. The Bertz CT molecular complexity index is 1040. The Kier molecular flexibility index (Phi) is 7.20. The minimum atomic E-state index is -0.459. The summed E-state index contributed by atoms with van der Waals surface area (Å²) in [5.41, 5.74) is 4.29. The highest BCUT2D eigenvalue weighted by molar-refractivity contribution is 6.40. The van der Waals surface area contributed by atoms with Gasteiger partial charge in [0.1, 0.15) is 0 Å². The zero-order valence-corrected chi connectivity index (χ0v) is 19.4. The summed E-state index contributed by atoms with van der Waals surface area (Å²) >= 11 is 0. The number of carbonyl (C=O) groups is 2. The summed E-state index contributed by atoms with van der Waals surface area (Å²) in [6, 6.07) is 28.8. The van der Waals surface area contributed by atoms with Crippen LogP contribution in [0.1, 0.15) is 29.7 Å². The van der Waals surface area contributed by atoms with Crippen molar-refractivity contribution in [1.82, 2.24) is 9.80 Å². The normalized spacial score (nSPS) is 14.3. The monoisotopic (exact) mass is 441 g/mol. The van der Waals surface area contributed by atoms with Crippen molar-refractivity contribution < 1.29 is 9.59 Å². The first-order valence-corrected chi connectivity index (χ1v) is 11.6. The lowest BCUT2D eigenvalue weighted by molar-refractivity contribution is -0.145. The molecule has 0 spiro atoms. The molecular weight excluding hydrogens is 410 g/mol. The molecule has 0 aromatic heterocycles. The first-order chi connectivity index (χ1) is 16.1. The Morgan fingerprint density at radius 1 is 0.818 bits per heavy atom. The average molecular weight is 442 g/mol. The van der Waals surface area contributed by atoms with Gasteiger partial charge in [0.25, 0.3) is 0 Å². The van der Waals surface area contributed by atoms with E-state index in [0.717, 1.165) is 11.3 Å². The summed E-state index contributed by atoms with van der Waals surface area (Å²) < 4.78 is 0. The van der Waals surface area contributed by atoms with Gasteiger partial charge in [-0.15, -0.1) is 0 Å². The Labute approximate surface area is 196 Å². The lowest BCUT2D eigenvalue weighted by Crippen LogP contribution is -2.54. The van der Waals surface area contributed by atoms with E-state index in [1.165, 1.54) is 11.1 Å². The van der Waals surface area contributed by atoms with Crippen LogP contribution >= 0.6 is 0 Å². The average Bonchev–Trinajstić information content (AvgIpc) is 2.86. The number of benzene rings is 3. The standard InChI is InChI=1S/C28H31N3O2/c1-3-31(25-16-10-11-22(2)21-25)28(33)27(32)30-19-17-29(18-20-30)26(23-12-6-4-7-13-23)24-14-8-5-9-15-24/h4-16,21,26H,3,17-20H2,1-2H3. The van der Waals surface area contributed by atoms with Crippen molar-refractivity contribution in [2.45, 2.75) is 19.9 Å². The van der Waals surface area contributed by atoms with Crippen LogP contribution in [-0.4, -0.2) is 54.3 Å². The first-order valence-electron chi connectivity index (χ1n) is 11.6. The van der Waals surface area contributed by atoms with Gasteiger partial charge in [-0.1, -0.05) is 72.8 Å². The maximum atomic E-state index is 13.1. The van der Waals surface area contributed by atoms with Gasteiger partial charge in [0.15, 0.2) is 0 Å². The zero-order chi connectivity index (χ0) is 23.2. The van der Waals surface area contributed by atoms with Gasteiger partial charge in [0.05, 0.1) is 6.04 Å². The van der Waals surface area contributed by atoms with E-state index in [-0.39, 0.29) is 6.04 Å². The SMILES string of the molecule is CCN(C(=O)C(=O)N1CCN(C(c2ccccc2)c2ccccc2)CC1)c1cccc(C)c1. The molecule has 0 aliphatic carbocycles. The van der Waals surface area contributed by atoms with Crippen LogP contribution in [0, 0.1) is 6.92 Å². The number of rotatable bonds is 5. The molecule has 0 N–H and O–H groups in total. The molecular formula is C28H31N3O2. The molecule has 0 unspecified atom stereocenters. The topological polar surface area (TPSA) is 43.9 Å². The molecule has 170 valence electrons. The number of carbonyl (C=O) groups excluding carboxylic acids is 2. The first kappa shape index (κ1) is 22.7. The lowest BCUT2D eigenvalue weighted by Gasteiger charge is -2.40. The van der Waals surface area contributed by atoms with Gasteiger partial charge in [0.2, 0.25) is 0 Å². The molecule has 0 saturated carbocycles. The molecule has 4 rings (SSSR count). The van der Waals surface area contributed by atoms with Crippen molar-refractivity contribution >= 4 is 17.5 Å². The highest BCUT2D eigenvalue weighted by atomic mass is 16.2. The third kappa shape index (κ3) is 5.15. The summed E-state index contributed by atoms with van der Waals surface area (Å²) in [6.45, 7) is 6.83. The molecule has 5 heteroatoms. The van der Waals surface area contributed by atoms with Gasteiger partial charge in [-0.25, -0.2) is 0 Å². The molecule has 3 aromatic carbocycles. The summed E-state index contributed by atoms with van der Waals surface area (Å²) in [7, 11) is 0. The predicted molar refractivity (Wildman–Crippen MR) is 132 cm³/mol. The maximum Gasteiger partial charge on any atom is 0.316 e. The minimum absolute atomic E-state index is 0.125. The second kappa shape index (κ2) is 10.5. The second-order valence-electron chi connectivity index (χ2n) is 8.44. The fourth-order valence-electron chi connectivity index (χ4n) is 4.56. The number of likely N-dealkylation sites (N-methyl/N-ethyl adjacent to an activating group) is 1. The highest BCUT2D eigenvalue weighted by Crippen LogP contribution is 2.29. The molecule has 2 amide bonds. The van der Waals surface area contributed by atoms with E-state index in [4.69, 9.17) is 0 Å². The van der Waals surface area contributed by atoms with Gasteiger partial charge in [-0.2, -0.15) is 0 Å². The number of aryl methyl sites for hydroxylation is 1. The number of amides is 2. The van der Waals surface area contributed by atoms with Crippen LogP contribution in [0.15, 0.2) is 84.9 Å². The molecule has 1 saturated heterocycles. The molecule has 0 radical (unpaired) electrons. The van der Waals surface area contributed by atoms with Gasteiger partial charge in [0, 0.05) is 38.4 Å². The Morgan fingerprint density at radius 3 is 1.91 bits per heavy atom. The van der Waals surface area contributed by atoms with Crippen LogP contribution in [0.5, 0.6) is 0 Å². The van der Waals surface area contributed by atoms with Crippen LogP contribution in [0.4, 0.5) is 5.69 Å². The van der Waals surface area contributed by atoms with Crippen molar-refractivity contribution in [2.24, 2.45) is 0 Å². The number of hydrogen-bond donors (Lipinski definition) is 0. The van der Waals surface area contributed by atoms with Gasteiger partial charge < -0.3 is 9.80 Å². The van der Waals surface area contributed by atoms with E-state index in [1.54, 1.807) is 9.80 Å². The Morgan fingerprint density at radius 2 is 1.39 bits per heavy atom. The van der Waals surface area contributed by atoms with Crippen LogP contribution in [0.3, 0.4) is 0 Å². The van der Waals surface area contributed by atoms with Crippen molar-refractivity contribution in [2.75, 3.05) is 37.6 Å². The van der Waals surface area contributed by atoms with E-state index in [1.807, 2.05) is 50.2 Å². The van der Waals surface area contributed by atoms with Gasteiger partial charge in [-0.3, -0.25) is 14.5 Å². The van der Waals surface area contributed by atoms with Crippen molar-refractivity contribution in [3.05, 3.63) is 102 Å². The van der Waals surface area contributed by atoms with Gasteiger partial charge >= 0.3 is 11.8 Å². The Balaban J connectivity index is 1.47. The largest absolute Gasteiger partial charge is 0.332 e. The fourth-order valence-corrected chi connectivity index (χ4v) is 4.56. The number of anilines is 1. The quantitative estimate of drug-likeness (QED) is 0.555. The van der Waals surface area contributed by atoms with Crippen LogP contribution in [0.2, 0.25) is 0 Å². The number of piperazine rings is 1. The van der Waals surface area contributed by atoms with Crippen molar-refractivity contribution in [3.8, 4) is 0 Å². The number of hydrogen-bond acceptors (Lipinski definition) is 3. The third-order valence-corrected chi connectivity index (χ3v) is 6.25. The minimum Gasteiger partial charge on any atom is -0.332 e. The highest BCUT2D eigenvalue weighted by Gasteiger charge is 2.32. The molecule has 0 bridgehead atoms. The molecule has 1 heterocycles. The summed E-state index contributed by atoms with van der Waals surface area (Å²) in [6.07, 6.45) is 0. The van der Waals surface area contributed by atoms with Crippen LogP contribution in [-0.2, 0) is 9.59 Å². The predicted octanol–water partition coefficient (Wildman–Crippen LogP) is 4.28.